The maximum absolute atomic E-state index is 10.0. The highest BCUT2D eigenvalue weighted by atomic mass is 16.5. The van der Waals surface area contributed by atoms with Crippen LogP contribution in [0.15, 0.2) is 36.4 Å². The van der Waals surface area contributed by atoms with Gasteiger partial charge in [0.1, 0.15) is 11.5 Å². The molecular formula is C23H32N2O3. The monoisotopic (exact) mass is 384 g/mol. The first-order valence-electron chi connectivity index (χ1n) is 9.99. The Hall–Kier alpha value is -2.08. The molecule has 1 atom stereocenters. The van der Waals surface area contributed by atoms with Gasteiger partial charge in [0.15, 0.2) is 0 Å². The quantitative estimate of drug-likeness (QED) is 0.768. The summed E-state index contributed by atoms with van der Waals surface area (Å²) in [5.41, 5.74) is 4.33. The highest BCUT2D eigenvalue weighted by molar-refractivity contribution is 5.42. The van der Waals surface area contributed by atoms with Crippen LogP contribution in [-0.2, 0) is 13.1 Å². The van der Waals surface area contributed by atoms with Crippen LogP contribution in [0.3, 0.4) is 0 Å². The minimum absolute atomic E-state index is 0.199. The van der Waals surface area contributed by atoms with E-state index in [0.717, 1.165) is 56.0 Å². The number of aryl methyl sites for hydroxylation is 2. The largest absolute Gasteiger partial charge is 0.507 e. The minimum atomic E-state index is 0.199. The molecule has 0 saturated carbocycles. The zero-order chi connectivity index (χ0) is 20.1. The van der Waals surface area contributed by atoms with Gasteiger partial charge in [-0.15, -0.1) is 0 Å². The molecule has 1 heterocycles. The van der Waals surface area contributed by atoms with E-state index >= 15 is 0 Å². The Labute approximate surface area is 168 Å². The number of benzene rings is 2. The number of aliphatic hydroxyl groups excluding tert-OH is 1. The van der Waals surface area contributed by atoms with E-state index in [1.54, 1.807) is 7.11 Å². The summed E-state index contributed by atoms with van der Waals surface area (Å²) in [4.78, 5) is 4.92. The molecule has 0 unspecified atom stereocenters. The van der Waals surface area contributed by atoms with Crippen molar-refractivity contribution in [2.75, 3.05) is 33.4 Å². The fraction of sp³-hybridized carbons (Fsp3) is 0.478. The van der Waals surface area contributed by atoms with Gasteiger partial charge in [0.05, 0.1) is 7.11 Å². The molecule has 0 spiro atoms. The van der Waals surface area contributed by atoms with Crippen molar-refractivity contribution in [1.29, 1.82) is 0 Å². The summed E-state index contributed by atoms with van der Waals surface area (Å²) in [6, 6.07) is 12.7. The zero-order valence-corrected chi connectivity index (χ0v) is 17.2. The molecule has 3 rings (SSSR count). The lowest BCUT2D eigenvalue weighted by atomic mass is 10.0. The first kappa shape index (κ1) is 20.6. The summed E-state index contributed by atoms with van der Waals surface area (Å²) in [7, 11) is 1.69. The van der Waals surface area contributed by atoms with Crippen LogP contribution in [-0.4, -0.2) is 59.4 Å². The maximum atomic E-state index is 10.0. The standard InChI is InChI=1S/C23H32N2O3/c1-17-11-20(12-18(2)23(17)27)14-24-8-9-25(21(16-24)7-10-26)15-19-5-4-6-22(13-19)28-3/h4-6,11-13,21,26-27H,7-10,14-16H2,1-3H3/t21-/m0/s1. The Morgan fingerprint density at radius 1 is 1.04 bits per heavy atom. The summed E-state index contributed by atoms with van der Waals surface area (Å²) in [5, 5.41) is 19.6. The molecule has 1 saturated heterocycles. The fourth-order valence-corrected chi connectivity index (χ4v) is 4.13. The van der Waals surface area contributed by atoms with Crippen molar-refractivity contribution < 1.29 is 14.9 Å². The van der Waals surface area contributed by atoms with Gasteiger partial charge in [-0.25, -0.2) is 0 Å². The Kier molecular flexibility index (Phi) is 6.94. The molecule has 28 heavy (non-hydrogen) atoms. The summed E-state index contributed by atoms with van der Waals surface area (Å²) >= 11 is 0. The van der Waals surface area contributed by atoms with Gasteiger partial charge in [-0.3, -0.25) is 9.80 Å². The van der Waals surface area contributed by atoms with Gasteiger partial charge in [-0.2, -0.15) is 0 Å². The molecule has 152 valence electrons. The lowest BCUT2D eigenvalue weighted by Crippen LogP contribution is -2.52. The van der Waals surface area contributed by atoms with Crippen LogP contribution in [0.1, 0.15) is 28.7 Å². The van der Waals surface area contributed by atoms with Crippen LogP contribution in [0.5, 0.6) is 11.5 Å². The van der Waals surface area contributed by atoms with E-state index in [0.29, 0.717) is 11.8 Å². The van der Waals surface area contributed by atoms with E-state index in [1.807, 2.05) is 26.0 Å². The topological polar surface area (TPSA) is 56.2 Å². The molecule has 0 aromatic heterocycles. The number of hydrogen-bond donors (Lipinski definition) is 2. The number of phenolic OH excluding ortho intramolecular Hbond substituents is 1. The first-order chi connectivity index (χ1) is 13.5. The predicted octanol–water partition coefficient (Wildman–Crippen LogP) is 3.09. The number of nitrogens with zero attached hydrogens (tertiary/aromatic N) is 2. The SMILES string of the molecule is COc1cccc(CN2CCN(Cc3cc(C)c(O)c(C)c3)C[C@@H]2CCO)c1. The van der Waals surface area contributed by atoms with Gasteiger partial charge in [0, 0.05) is 45.4 Å². The van der Waals surface area contributed by atoms with Crippen molar-refractivity contribution in [2.45, 2.75) is 39.4 Å². The van der Waals surface area contributed by atoms with Gasteiger partial charge < -0.3 is 14.9 Å². The van der Waals surface area contributed by atoms with Crippen LogP contribution in [0.25, 0.3) is 0 Å². The second-order valence-electron chi connectivity index (χ2n) is 7.80. The molecule has 0 aliphatic carbocycles. The van der Waals surface area contributed by atoms with Crippen LogP contribution in [0.2, 0.25) is 0 Å². The average Bonchev–Trinajstić information content (AvgIpc) is 2.68. The van der Waals surface area contributed by atoms with Gasteiger partial charge in [-0.05, 0) is 54.7 Å². The van der Waals surface area contributed by atoms with Gasteiger partial charge in [0.2, 0.25) is 0 Å². The van der Waals surface area contributed by atoms with Crippen LogP contribution >= 0.6 is 0 Å². The van der Waals surface area contributed by atoms with Crippen LogP contribution in [0, 0.1) is 13.8 Å². The van der Waals surface area contributed by atoms with Crippen molar-refractivity contribution in [3.8, 4) is 11.5 Å². The average molecular weight is 385 g/mol. The van der Waals surface area contributed by atoms with E-state index in [-0.39, 0.29) is 6.61 Å². The van der Waals surface area contributed by atoms with Gasteiger partial charge in [-0.1, -0.05) is 24.3 Å². The molecule has 2 aromatic carbocycles. The van der Waals surface area contributed by atoms with Crippen molar-refractivity contribution in [3.63, 3.8) is 0 Å². The second-order valence-corrected chi connectivity index (χ2v) is 7.80. The number of aromatic hydroxyl groups is 1. The Morgan fingerprint density at radius 3 is 2.46 bits per heavy atom. The summed E-state index contributed by atoms with van der Waals surface area (Å²) in [6.45, 7) is 8.74. The fourth-order valence-electron chi connectivity index (χ4n) is 4.13. The third-order valence-electron chi connectivity index (χ3n) is 5.63. The molecule has 5 nitrogen and oxygen atoms in total. The lowest BCUT2D eigenvalue weighted by molar-refractivity contribution is 0.0499. The third-order valence-corrected chi connectivity index (χ3v) is 5.63. The van der Waals surface area contributed by atoms with Crippen molar-refractivity contribution >= 4 is 0 Å². The maximum Gasteiger partial charge on any atom is 0.121 e. The highest BCUT2D eigenvalue weighted by Gasteiger charge is 2.27. The van der Waals surface area contributed by atoms with E-state index in [9.17, 15) is 10.2 Å². The Bertz CT molecular complexity index is 770. The smallest absolute Gasteiger partial charge is 0.121 e. The Balaban J connectivity index is 1.66. The molecule has 1 aliphatic heterocycles. The molecule has 0 radical (unpaired) electrons. The summed E-state index contributed by atoms with van der Waals surface area (Å²) in [5.74, 6) is 1.28. The number of rotatable bonds is 7. The normalized spacial score (nSPS) is 18.4. The predicted molar refractivity (Wildman–Crippen MR) is 112 cm³/mol. The van der Waals surface area contributed by atoms with E-state index in [4.69, 9.17) is 4.74 Å². The zero-order valence-electron chi connectivity index (χ0n) is 17.2. The molecular weight excluding hydrogens is 352 g/mol. The van der Waals surface area contributed by atoms with E-state index in [2.05, 4.69) is 34.1 Å². The number of phenols is 1. The summed E-state index contributed by atoms with van der Waals surface area (Å²) in [6.07, 6.45) is 0.772. The van der Waals surface area contributed by atoms with Gasteiger partial charge >= 0.3 is 0 Å². The first-order valence-corrected chi connectivity index (χ1v) is 9.99. The summed E-state index contributed by atoms with van der Waals surface area (Å²) < 4.78 is 5.34. The number of aliphatic hydroxyl groups is 1. The second kappa shape index (κ2) is 9.41. The molecule has 0 amide bonds. The van der Waals surface area contributed by atoms with Crippen molar-refractivity contribution in [2.24, 2.45) is 0 Å². The molecule has 0 bridgehead atoms. The third kappa shape index (κ3) is 5.04. The van der Waals surface area contributed by atoms with Crippen molar-refractivity contribution in [3.05, 3.63) is 58.7 Å². The van der Waals surface area contributed by atoms with Crippen molar-refractivity contribution in [1.82, 2.24) is 9.80 Å². The molecule has 5 heteroatoms. The number of methoxy groups -OCH3 is 1. The van der Waals surface area contributed by atoms with E-state index in [1.165, 1.54) is 11.1 Å². The molecule has 1 fully saturated rings. The molecule has 1 aliphatic rings. The van der Waals surface area contributed by atoms with E-state index < -0.39 is 0 Å². The number of piperazine rings is 1. The highest BCUT2D eigenvalue weighted by Crippen LogP contribution is 2.25. The Morgan fingerprint density at radius 2 is 1.79 bits per heavy atom. The van der Waals surface area contributed by atoms with Gasteiger partial charge in [0.25, 0.3) is 0 Å². The minimum Gasteiger partial charge on any atom is -0.507 e. The van der Waals surface area contributed by atoms with Crippen LogP contribution < -0.4 is 4.74 Å². The van der Waals surface area contributed by atoms with Crippen LogP contribution in [0.4, 0.5) is 0 Å². The number of ether oxygens (including phenoxy) is 1. The number of hydrogen-bond acceptors (Lipinski definition) is 5. The molecule has 2 N–H and O–H groups in total. The lowest BCUT2D eigenvalue weighted by Gasteiger charge is -2.41. The molecule has 2 aromatic rings.